The minimum Gasteiger partial charge on any atom is -0.493 e. The second kappa shape index (κ2) is 12.8. The minimum absolute atomic E-state index is 0.179. The number of carbonyl (C=O) groups excluding carboxylic acids is 1. The fraction of sp³-hybridized carbons (Fsp3) is 0.308. The SMILES string of the molecule is COc1ccc(/C=C/C(=O)NCC(C)Oc2cccc(CN(C)Cc3cscn3)c2)cc1OC. The van der Waals surface area contributed by atoms with Crippen LogP contribution in [0.25, 0.3) is 6.08 Å². The Kier molecular flexibility index (Phi) is 9.49. The third-order valence-electron chi connectivity index (χ3n) is 5.00. The van der Waals surface area contributed by atoms with Crippen LogP contribution >= 0.6 is 11.3 Å². The first-order chi connectivity index (χ1) is 16.5. The first-order valence-electron chi connectivity index (χ1n) is 11.0. The summed E-state index contributed by atoms with van der Waals surface area (Å²) in [4.78, 5) is 18.8. The fourth-order valence-electron chi connectivity index (χ4n) is 3.38. The van der Waals surface area contributed by atoms with Gasteiger partial charge in [0.2, 0.25) is 5.91 Å². The zero-order valence-corrected chi connectivity index (χ0v) is 20.8. The van der Waals surface area contributed by atoms with Gasteiger partial charge in [-0.05, 0) is 55.4 Å². The lowest BCUT2D eigenvalue weighted by Crippen LogP contribution is -2.32. The van der Waals surface area contributed by atoms with E-state index >= 15 is 0 Å². The molecule has 180 valence electrons. The predicted molar refractivity (Wildman–Crippen MR) is 135 cm³/mol. The van der Waals surface area contributed by atoms with E-state index in [1.165, 1.54) is 6.08 Å². The number of hydrogen-bond donors (Lipinski definition) is 1. The molecule has 0 fully saturated rings. The normalized spacial score (nSPS) is 12.0. The van der Waals surface area contributed by atoms with Gasteiger partial charge < -0.3 is 19.5 Å². The number of nitrogens with one attached hydrogen (secondary N) is 1. The van der Waals surface area contributed by atoms with Crippen molar-refractivity contribution in [2.75, 3.05) is 27.8 Å². The lowest BCUT2D eigenvalue weighted by atomic mass is 10.2. The standard InChI is InChI=1S/C26H31N3O4S/c1-19(14-27-26(30)11-9-20-8-10-24(31-3)25(13-20)32-4)33-23-7-5-6-21(12-23)15-29(2)16-22-17-34-18-28-22/h5-13,17-19H,14-16H2,1-4H3,(H,27,30)/b11-9+. The summed E-state index contributed by atoms with van der Waals surface area (Å²) in [6.45, 7) is 3.91. The summed E-state index contributed by atoms with van der Waals surface area (Å²) in [5.74, 6) is 1.85. The van der Waals surface area contributed by atoms with Gasteiger partial charge in [-0.3, -0.25) is 9.69 Å². The van der Waals surface area contributed by atoms with Crippen LogP contribution in [-0.4, -0.2) is 49.7 Å². The molecular formula is C26H31N3O4S. The molecule has 3 aromatic rings. The van der Waals surface area contributed by atoms with Crippen molar-refractivity contribution in [1.82, 2.24) is 15.2 Å². The van der Waals surface area contributed by atoms with Gasteiger partial charge in [0.1, 0.15) is 11.9 Å². The van der Waals surface area contributed by atoms with Crippen LogP contribution in [0.5, 0.6) is 17.2 Å². The van der Waals surface area contributed by atoms with E-state index < -0.39 is 0 Å². The molecule has 1 amide bonds. The molecule has 7 nitrogen and oxygen atoms in total. The molecule has 0 saturated carbocycles. The van der Waals surface area contributed by atoms with Gasteiger partial charge in [0.05, 0.1) is 32.0 Å². The van der Waals surface area contributed by atoms with Gasteiger partial charge in [0.15, 0.2) is 11.5 Å². The number of ether oxygens (including phenoxy) is 3. The summed E-state index contributed by atoms with van der Waals surface area (Å²) < 4.78 is 16.5. The molecule has 0 radical (unpaired) electrons. The molecule has 1 atom stereocenters. The summed E-state index contributed by atoms with van der Waals surface area (Å²) in [5, 5.41) is 4.94. The summed E-state index contributed by atoms with van der Waals surface area (Å²) in [6.07, 6.45) is 3.04. The second-order valence-electron chi connectivity index (χ2n) is 7.92. The van der Waals surface area contributed by atoms with Crippen molar-refractivity contribution in [1.29, 1.82) is 0 Å². The number of hydrogen-bond acceptors (Lipinski definition) is 7. The maximum Gasteiger partial charge on any atom is 0.244 e. The van der Waals surface area contributed by atoms with E-state index in [0.29, 0.717) is 18.0 Å². The van der Waals surface area contributed by atoms with E-state index in [1.54, 1.807) is 37.7 Å². The Hall–Kier alpha value is -3.36. The number of aromatic nitrogens is 1. The molecule has 8 heteroatoms. The van der Waals surface area contributed by atoms with Gasteiger partial charge >= 0.3 is 0 Å². The third kappa shape index (κ3) is 7.90. The van der Waals surface area contributed by atoms with E-state index in [0.717, 1.165) is 35.7 Å². The van der Waals surface area contributed by atoms with Crippen molar-refractivity contribution < 1.29 is 19.0 Å². The van der Waals surface area contributed by atoms with E-state index in [4.69, 9.17) is 14.2 Å². The molecule has 1 heterocycles. The molecule has 1 aromatic heterocycles. The molecule has 1 N–H and O–H groups in total. The minimum atomic E-state index is -0.192. The van der Waals surface area contributed by atoms with Crippen molar-refractivity contribution in [3.05, 3.63) is 76.3 Å². The van der Waals surface area contributed by atoms with Gasteiger partial charge in [0, 0.05) is 24.5 Å². The number of benzene rings is 2. The second-order valence-corrected chi connectivity index (χ2v) is 8.64. The average Bonchev–Trinajstić information content (AvgIpc) is 3.34. The van der Waals surface area contributed by atoms with E-state index in [9.17, 15) is 4.79 Å². The van der Waals surface area contributed by atoms with Gasteiger partial charge in [-0.15, -0.1) is 11.3 Å². The number of methoxy groups -OCH3 is 2. The zero-order valence-electron chi connectivity index (χ0n) is 20.0. The Labute approximate surface area is 205 Å². The van der Waals surface area contributed by atoms with Gasteiger partial charge in [-0.2, -0.15) is 0 Å². The Morgan fingerprint density at radius 2 is 1.97 bits per heavy atom. The van der Waals surface area contributed by atoms with E-state index in [2.05, 4.69) is 33.7 Å². The molecule has 2 aromatic carbocycles. The summed E-state index contributed by atoms with van der Waals surface area (Å²) >= 11 is 1.61. The van der Waals surface area contributed by atoms with Gasteiger partial charge in [-0.25, -0.2) is 4.98 Å². The monoisotopic (exact) mass is 481 g/mol. The van der Waals surface area contributed by atoms with Crippen LogP contribution in [0.2, 0.25) is 0 Å². The topological polar surface area (TPSA) is 72.9 Å². The van der Waals surface area contributed by atoms with Crippen molar-refractivity contribution in [2.24, 2.45) is 0 Å². The average molecular weight is 482 g/mol. The van der Waals surface area contributed by atoms with Crippen LogP contribution in [0.3, 0.4) is 0 Å². The van der Waals surface area contributed by atoms with Crippen molar-refractivity contribution in [3.8, 4) is 17.2 Å². The molecule has 0 aliphatic carbocycles. The van der Waals surface area contributed by atoms with Crippen LogP contribution in [0.4, 0.5) is 0 Å². The highest BCUT2D eigenvalue weighted by Crippen LogP contribution is 2.28. The molecule has 3 rings (SSSR count). The Morgan fingerprint density at radius 1 is 1.15 bits per heavy atom. The van der Waals surface area contributed by atoms with Gasteiger partial charge in [-0.1, -0.05) is 18.2 Å². The lowest BCUT2D eigenvalue weighted by molar-refractivity contribution is -0.116. The molecule has 0 bridgehead atoms. The molecule has 34 heavy (non-hydrogen) atoms. The van der Waals surface area contributed by atoms with Crippen LogP contribution < -0.4 is 19.5 Å². The highest BCUT2D eigenvalue weighted by molar-refractivity contribution is 7.07. The Bertz CT molecular complexity index is 1090. The summed E-state index contributed by atoms with van der Waals surface area (Å²) in [7, 11) is 5.24. The largest absolute Gasteiger partial charge is 0.493 e. The fourth-order valence-corrected chi connectivity index (χ4v) is 3.93. The summed E-state index contributed by atoms with van der Waals surface area (Å²) in [6, 6.07) is 13.5. The highest BCUT2D eigenvalue weighted by Gasteiger charge is 2.09. The maximum absolute atomic E-state index is 12.2. The number of nitrogens with zero attached hydrogens (tertiary/aromatic N) is 2. The zero-order chi connectivity index (χ0) is 24.3. The van der Waals surface area contributed by atoms with Crippen LogP contribution in [-0.2, 0) is 17.9 Å². The van der Waals surface area contributed by atoms with Crippen molar-refractivity contribution >= 4 is 23.3 Å². The molecule has 0 aliphatic heterocycles. The first-order valence-corrected chi connectivity index (χ1v) is 11.9. The molecule has 1 unspecified atom stereocenters. The number of thiazole rings is 1. The van der Waals surface area contributed by atoms with Crippen LogP contribution in [0.15, 0.2) is 59.4 Å². The first kappa shape index (κ1) is 25.3. The molecule has 0 spiro atoms. The van der Waals surface area contributed by atoms with E-state index in [1.807, 2.05) is 42.8 Å². The predicted octanol–water partition coefficient (Wildman–Crippen LogP) is 4.39. The molecular weight excluding hydrogens is 450 g/mol. The quantitative estimate of drug-likeness (QED) is 0.387. The summed E-state index contributed by atoms with van der Waals surface area (Å²) in [5.41, 5.74) is 4.92. The van der Waals surface area contributed by atoms with E-state index in [-0.39, 0.29) is 12.0 Å². The molecule has 0 saturated heterocycles. The third-order valence-corrected chi connectivity index (χ3v) is 5.64. The Balaban J connectivity index is 1.46. The number of rotatable bonds is 12. The Morgan fingerprint density at radius 3 is 2.71 bits per heavy atom. The lowest BCUT2D eigenvalue weighted by Gasteiger charge is -2.18. The molecule has 0 aliphatic rings. The van der Waals surface area contributed by atoms with Crippen LogP contribution in [0, 0.1) is 0 Å². The smallest absolute Gasteiger partial charge is 0.244 e. The van der Waals surface area contributed by atoms with Crippen molar-refractivity contribution in [3.63, 3.8) is 0 Å². The van der Waals surface area contributed by atoms with Crippen molar-refractivity contribution in [2.45, 2.75) is 26.1 Å². The number of carbonyl (C=O) groups is 1. The highest BCUT2D eigenvalue weighted by atomic mass is 32.1. The maximum atomic E-state index is 12.2. The number of amides is 1. The van der Waals surface area contributed by atoms with Crippen LogP contribution in [0.1, 0.15) is 23.7 Å². The van der Waals surface area contributed by atoms with Gasteiger partial charge in [0.25, 0.3) is 0 Å².